The Balaban J connectivity index is 1.54. The summed E-state index contributed by atoms with van der Waals surface area (Å²) in [5.74, 6) is 0.0894. The zero-order valence-corrected chi connectivity index (χ0v) is 15.7. The van der Waals surface area contributed by atoms with Crippen molar-refractivity contribution in [3.8, 4) is 5.75 Å². The smallest absolute Gasteiger partial charge is 0.419 e. The van der Waals surface area contributed by atoms with Gasteiger partial charge in [0.1, 0.15) is 22.8 Å². The van der Waals surface area contributed by atoms with Gasteiger partial charge in [-0.1, -0.05) is 23.7 Å². The number of ether oxygens (including phenoxy) is 1. The van der Waals surface area contributed by atoms with Crippen LogP contribution in [0.1, 0.15) is 35.7 Å². The van der Waals surface area contributed by atoms with Gasteiger partial charge in [-0.15, -0.1) is 0 Å². The van der Waals surface area contributed by atoms with E-state index in [0.717, 1.165) is 6.07 Å². The summed E-state index contributed by atoms with van der Waals surface area (Å²) in [6.45, 7) is -0.0650. The molecule has 0 saturated heterocycles. The van der Waals surface area contributed by atoms with Gasteiger partial charge in [-0.25, -0.2) is 9.97 Å². The average Bonchev–Trinajstić information content (AvgIpc) is 2.63. The SMILES string of the molecule is NCc1cccc(C(F)(F)F)c1OC1CC(c2nc3cnc(Cl)cc3c(=O)[nH]2)C1. The topological polar surface area (TPSA) is 93.9 Å². The summed E-state index contributed by atoms with van der Waals surface area (Å²) in [5, 5.41) is 0.515. The minimum absolute atomic E-state index is 0.0650. The molecule has 6 nitrogen and oxygen atoms in total. The van der Waals surface area contributed by atoms with Crippen LogP contribution in [0.15, 0.2) is 35.3 Å². The highest BCUT2D eigenvalue weighted by atomic mass is 35.5. The number of aromatic nitrogens is 3. The molecule has 3 N–H and O–H groups in total. The fourth-order valence-electron chi connectivity index (χ4n) is 3.39. The number of pyridine rings is 1. The number of nitrogens with two attached hydrogens (primary N) is 1. The molecule has 1 saturated carbocycles. The predicted molar refractivity (Wildman–Crippen MR) is 101 cm³/mol. The quantitative estimate of drug-likeness (QED) is 0.622. The Morgan fingerprint density at radius 3 is 2.76 bits per heavy atom. The van der Waals surface area contributed by atoms with E-state index in [1.807, 2.05) is 0 Å². The van der Waals surface area contributed by atoms with Crippen molar-refractivity contribution in [2.24, 2.45) is 5.73 Å². The Labute approximate surface area is 167 Å². The number of halogens is 4. The number of para-hydroxylation sites is 1. The number of hydrogen-bond acceptors (Lipinski definition) is 5. The molecule has 1 aliphatic carbocycles. The van der Waals surface area contributed by atoms with E-state index in [2.05, 4.69) is 15.0 Å². The second kappa shape index (κ2) is 7.31. The normalized spacial score (nSPS) is 19.2. The molecular formula is C19H16ClF3N4O2. The van der Waals surface area contributed by atoms with Gasteiger partial charge in [0.05, 0.1) is 22.7 Å². The second-order valence-electron chi connectivity index (χ2n) is 6.88. The van der Waals surface area contributed by atoms with Crippen LogP contribution in [0.4, 0.5) is 13.2 Å². The van der Waals surface area contributed by atoms with Crippen molar-refractivity contribution in [1.29, 1.82) is 0 Å². The maximum Gasteiger partial charge on any atom is 0.419 e. The minimum Gasteiger partial charge on any atom is -0.489 e. The van der Waals surface area contributed by atoms with E-state index < -0.39 is 17.8 Å². The lowest BCUT2D eigenvalue weighted by atomic mass is 9.81. The fourth-order valence-corrected chi connectivity index (χ4v) is 3.55. The molecule has 10 heteroatoms. The first-order valence-corrected chi connectivity index (χ1v) is 9.25. The van der Waals surface area contributed by atoms with Crippen LogP contribution < -0.4 is 16.0 Å². The molecular weight excluding hydrogens is 409 g/mol. The van der Waals surface area contributed by atoms with Crippen LogP contribution in [-0.2, 0) is 12.7 Å². The molecule has 1 aliphatic rings. The lowest BCUT2D eigenvalue weighted by molar-refractivity contribution is -0.139. The highest BCUT2D eigenvalue weighted by molar-refractivity contribution is 6.30. The van der Waals surface area contributed by atoms with Gasteiger partial charge in [-0.2, -0.15) is 13.2 Å². The number of H-pyrrole nitrogens is 1. The number of aromatic amines is 1. The maximum atomic E-state index is 13.3. The van der Waals surface area contributed by atoms with E-state index in [1.165, 1.54) is 24.4 Å². The van der Waals surface area contributed by atoms with Gasteiger partial charge < -0.3 is 15.5 Å². The summed E-state index contributed by atoms with van der Waals surface area (Å²) < 4.78 is 45.6. The van der Waals surface area contributed by atoms with Crippen molar-refractivity contribution in [2.75, 3.05) is 0 Å². The zero-order valence-electron chi connectivity index (χ0n) is 15.0. The van der Waals surface area contributed by atoms with Gasteiger partial charge in [-0.05, 0) is 25.0 Å². The van der Waals surface area contributed by atoms with Gasteiger partial charge in [0.25, 0.3) is 5.56 Å². The van der Waals surface area contributed by atoms with Gasteiger partial charge in [-0.3, -0.25) is 4.79 Å². The molecule has 4 rings (SSSR count). The van der Waals surface area contributed by atoms with Gasteiger partial charge >= 0.3 is 6.18 Å². The van der Waals surface area contributed by atoms with E-state index in [1.54, 1.807) is 0 Å². The summed E-state index contributed by atoms with van der Waals surface area (Å²) in [6.07, 6.45) is -2.71. The van der Waals surface area contributed by atoms with Gasteiger partial charge in [0.2, 0.25) is 0 Å². The Kier molecular flexibility index (Phi) is 4.95. The molecule has 0 aliphatic heterocycles. The number of hydrogen-bond donors (Lipinski definition) is 2. The number of rotatable bonds is 4. The van der Waals surface area contributed by atoms with Gasteiger partial charge in [0.15, 0.2) is 0 Å². The molecule has 0 unspecified atom stereocenters. The Morgan fingerprint density at radius 1 is 1.31 bits per heavy atom. The molecule has 152 valence electrons. The molecule has 0 atom stereocenters. The monoisotopic (exact) mass is 424 g/mol. The molecule has 1 fully saturated rings. The third-order valence-electron chi connectivity index (χ3n) is 4.96. The number of alkyl halides is 3. The molecule has 0 radical (unpaired) electrons. The summed E-state index contributed by atoms with van der Waals surface area (Å²) in [7, 11) is 0. The fraction of sp³-hybridized carbons (Fsp3) is 0.316. The van der Waals surface area contributed by atoms with Crippen molar-refractivity contribution in [1.82, 2.24) is 15.0 Å². The summed E-state index contributed by atoms with van der Waals surface area (Å²) in [5.41, 5.74) is 5.10. The Hall–Kier alpha value is -2.65. The summed E-state index contributed by atoms with van der Waals surface area (Å²) in [4.78, 5) is 23.3. The number of nitrogens with one attached hydrogen (secondary N) is 1. The summed E-state index contributed by atoms with van der Waals surface area (Å²) >= 11 is 5.80. The van der Waals surface area contributed by atoms with E-state index >= 15 is 0 Å². The van der Waals surface area contributed by atoms with E-state index in [9.17, 15) is 18.0 Å². The standard InChI is InChI=1S/C19H16ClF3N4O2/c20-15-6-12-14(8-25-15)26-17(27-18(12)28)10-4-11(5-10)29-16-9(7-24)2-1-3-13(16)19(21,22)23/h1-3,6,8,10-11H,4-5,7,24H2,(H,26,27,28). The first-order chi connectivity index (χ1) is 13.8. The van der Waals surface area contributed by atoms with Crippen molar-refractivity contribution < 1.29 is 17.9 Å². The molecule has 1 aromatic carbocycles. The van der Waals surface area contributed by atoms with Crippen molar-refractivity contribution in [3.63, 3.8) is 0 Å². The lowest BCUT2D eigenvalue weighted by Gasteiger charge is -2.35. The largest absolute Gasteiger partial charge is 0.489 e. The Bertz CT molecular complexity index is 1130. The van der Waals surface area contributed by atoms with Crippen LogP contribution in [0.2, 0.25) is 5.15 Å². The highest BCUT2D eigenvalue weighted by Crippen LogP contribution is 2.43. The van der Waals surface area contributed by atoms with Crippen LogP contribution in [0.5, 0.6) is 5.75 Å². The highest BCUT2D eigenvalue weighted by Gasteiger charge is 2.39. The molecule has 0 spiro atoms. The zero-order chi connectivity index (χ0) is 20.8. The second-order valence-corrected chi connectivity index (χ2v) is 7.27. The van der Waals surface area contributed by atoms with Crippen LogP contribution in [0, 0.1) is 0 Å². The predicted octanol–water partition coefficient (Wildman–Crippen LogP) is 3.77. The van der Waals surface area contributed by atoms with Crippen LogP contribution in [0.25, 0.3) is 10.9 Å². The third kappa shape index (κ3) is 3.79. The molecule has 29 heavy (non-hydrogen) atoms. The van der Waals surface area contributed by atoms with E-state index in [-0.39, 0.29) is 28.9 Å². The molecule has 0 amide bonds. The van der Waals surface area contributed by atoms with Crippen LogP contribution in [-0.4, -0.2) is 21.1 Å². The first kappa shape index (κ1) is 19.7. The average molecular weight is 425 g/mol. The van der Waals surface area contributed by atoms with Crippen LogP contribution >= 0.6 is 11.6 Å². The molecule has 0 bridgehead atoms. The van der Waals surface area contributed by atoms with Crippen molar-refractivity contribution in [2.45, 2.75) is 37.6 Å². The first-order valence-electron chi connectivity index (χ1n) is 8.87. The third-order valence-corrected chi connectivity index (χ3v) is 5.17. The lowest BCUT2D eigenvalue weighted by Crippen LogP contribution is -2.35. The van der Waals surface area contributed by atoms with Crippen LogP contribution in [0.3, 0.4) is 0 Å². The summed E-state index contributed by atoms with van der Waals surface area (Å²) in [6, 6.07) is 5.24. The Morgan fingerprint density at radius 2 is 2.07 bits per heavy atom. The van der Waals surface area contributed by atoms with Crippen molar-refractivity contribution >= 4 is 22.5 Å². The number of benzene rings is 1. The minimum atomic E-state index is -4.54. The van der Waals surface area contributed by atoms with E-state index in [4.69, 9.17) is 22.1 Å². The van der Waals surface area contributed by atoms with E-state index in [0.29, 0.717) is 35.1 Å². The van der Waals surface area contributed by atoms with Crippen molar-refractivity contribution in [3.05, 3.63) is 62.9 Å². The number of fused-ring (bicyclic) bond motifs is 1. The molecule has 2 aromatic heterocycles. The molecule has 3 aromatic rings. The number of nitrogens with zero attached hydrogens (tertiary/aromatic N) is 2. The van der Waals surface area contributed by atoms with Gasteiger partial charge in [0, 0.05) is 18.0 Å². The molecule has 2 heterocycles. The maximum absolute atomic E-state index is 13.3.